The van der Waals surface area contributed by atoms with Crippen LogP contribution in [0.2, 0.25) is 0 Å². The summed E-state index contributed by atoms with van der Waals surface area (Å²) in [4.78, 5) is 73.1. The van der Waals surface area contributed by atoms with Gasteiger partial charge in [0.2, 0.25) is 0 Å². The summed E-state index contributed by atoms with van der Waals surface area (Å²) < 4.78 is 68.8. The molecule has 0 rings (SSSR count). The van der Waals surface area contributed by atoms with Gasteiger partial charge in [-0.05, 0) is 43.4 Å². The van der Waals surface area contributed by atoms with Gasteiger partial charge < -0.3 is 33.8 Å². The first-order valence-electron chi connectivity index (χ1n) is 43.3. The maximum absolute atomic E-state index is 13.1. The lowest BCUT2D eigenvalue weighted by Crippen LogP contribution is -2.30. The normalized spacial score (nSPS) is 13.9. The molecule has 0 fully saturated rings. The van der Waals surface area contributed by atoms with Crippen molar-refractivity contribution in [3.05, 3.63) is 0 Å². The van der Waals surface area contributed by atoms with E-state index in [1.54, 1.807) is 0 Å². The molecule has 0 heterocycles. The quantitative estimate of drug-likeness (QED) is 0.0222. The zero-order chi connectivity index (χ0) is 75.8. The maximum Gasteiger partial charge on any atom is 0.472 e. The van der Waals surface area contributed by atoms with Crippen LogP contribution in [0.15, 0.2) is 0 Å². The van der Waals surface area contributed by atoms with E-state index in [0.29, 0.717) is 25.7 Å². The second kappa shape index (κ2) is 74.2. The number of unbranched alkanes of at least 4 members (excludes halogenated alkanes) is 50. The van der Waals surface area contributed by atoms with E-state index < -0.39 is 97.5 Å². The van der Waals surface area contributed by atoms with Gasteiger partial charge in [0, 0.05) is 25.7 Å². The Morgan fingerprint density at radius 2 is 0.447 bits per heavy atom. The summed E-state index contributed by atoms with van der Waals surface area (Å²) in [5.41, 5.74) is 0. The molecule has 0 aliphatic heterocycles. The summed E-state index contributed by atoms with van der Waals surface area (Å²) in [7, 11) is -9.93. The molecule has 0 aromatic carbocycles. The number of ether oxygens (including phenoxy) is 4. The first kappa shape index (κ1) is 101. The number of rotatable bonds is 82. The molecule has 2 unspecified atom stereocenters. The molecule has 0 radical (unpaired) electrons. The lowest BCUT2D eigenvalue weighted by molar-refractivity contribution is -0.161. The second-order valence-electron chi connectivity index (χ2n) is 31.6. The van der Waals surface area contributed by atoms with Crippen LogP contribution >= 0.6 is 15.6 Å². The molecule has 612 valence electrons. The number of esters is 4. The van der Waals surface area contributed by atoms with Crippen molar-refractivity contribution >= 4 is 39.5 Å². The van der Waals surface area contributed by atoms with Crippen molar-refractivity contribution in [2.24, 2.45) is 17.8 Å². The van der Waals surface area contributed by atoms with Gasteiger partial charge in [-0.15, -0.1) is 0 Å². The predicted octanol–water partition coefficient (Wildman–Crippen LogP) is 25.3. The Hall–Kier alpha value is -1.94. The van der Waals surface area contributed by atoms with Crippen molar-refractivity contribution < 1.29 is 80.2 Å². The minimum absolute atomic E-state index is 0.106. The molecule has 0 aliphatic carbocycles. The molecule has 0 saturated carbocycles. The molecule has 0 aromatic heterocycles. The molecular formula is C84H164O17P2. The molecule has 0 spiro atoms. The van der Waals surface area contributed by atoms with Gasteiger partial charge in [0.15, 0.2) is 12.2 Å². The van der Waals surface area contributed by atoms with Gasteiger partial charge in [-0.1, -0.05) is 389 Å². The topological polar surface area (TPSA) is 237 Å². The Morgan fingerprint density at radius 1 is 0.262 bits per heavy atom. The van der Waals surface area contributed by atoms with Crippen molar-refractivity contribution in [2.45, 2.75) is 458 Å². The third-order valence-corrected chi connectivity index (χ3v) is 21.5. The minimum atomic E-state index is -4.96. The van der Waals surface area contributed by atoms with Crippen LogP contribution in [-0.4, -0.2) is 96.7 Å². The number of hydrogen-bond donors (Lipinski definition) is 3. The highest BCUT2D eigenvalue weighted by Gasteiger charge is 2.30. The first-order chi connectivity index (χ1) is 49.7. The Bertz CT molecular complexity index is 1990. The van der Waals surface area contributed by atoms with Gasteiger partial charge in [0.25, 0.3) is 0 Å². The van der Waals surface area contributed by atoms with Crippen LogP contribution in [0, 0.1) is 17.8 Å². The summed E-state index contributed by atoms with van der Waals surface area (Å²) >= 11 is 0. The number of hydrogen-bond acceptors (Lipinski definition) is 15. The lowest BCUT2D eigenvalue weighted by Gasteiger charge is -2.21. The smallest absolute Gasteiger partial charge is 0.462 e. The standard InChI is InChI=1S/C84H164O17P2/c1-8-9-10-11-12-13-14-15-16-17-18-19-20-21-22-23-26-32-37-46-53-60-67-83(88)100-79(71-94-81(86)65-58-51-44-36-31-27-24-25-29-34-41-48-55-62-75(2)3)73-98-102(90,91)96-69-78(85)70-97-103(92,93)99-74-80(72-95-82(87)66-59-52-45-40-39-43-50-57-64-77(6)7)101-84(89)68-61-54-47-38-33-28-30-35-42-49-56-63-76(4)5/h75-80,85H,8-74H2,1-7H3,(H,90,91)(H,92,93)/t78-,79-,80-/m1/s1. The number of phosphoric acid groups is 2. The summed E-state index contributed by atoms with van der Waals surface area (Å²) in [6, 6.07) is 0. The fourth-order valence-corrected chi connectivity index (χ4v) is 14.6. The number of carbonyl (C=O) groups is 4. The predicted molar refractivity (Wildman–Crippen MR) is 423 cm³/mol. The molecule has 0 aromatic rings. The Morgan fingerprint density at radius 3 is 0.660 bits per heavy atom. The molecule has 3 N–H and O–H groups in total. The molecule has 19 heteroatoms. The maximum atomic E-state index is 13.1. The number of aliphatic hydroxyl groups excluding tert-OH is 1. The van der Waals surface area contributed by atoms with Crippen LogP contribution in [0.25, 0.3) is 0 Å². The average molecular weight is 1510 g/mol. The summed E-state index contributed by atoms with van der Waals surface area (Å²) in [6.07, 6.45) is 64.0. The molecule has 0 bridgehead atoms. The Balaban J connectivity index is 5.23. The molecular weight excluding hydrogens is 1340 g/mol. The SMILES string of the molecule is CCCCCCCCCCCCCCCCCCCCCCCCC(=O)O[C@H](COC(=O)CCCCCCCCCCCCCCCC(C)C)COP(=O)(O)OC[C@@H](O)COP(=O)(O)OC[C@@H](COC(=O)CCCCCCCCCCC(C)C)OC(=O)CCCCCCCCCCCCCC(C)C. The average Bonchev–Trinajstić information content (AvgIpc) is 0.926. The fourth-order valence-electron chi connectivity index (χ4n) is 13.0. The highest BCUT2D eigenvalue weighted by atomic mass is 31.2. The number of phosphoric ester groups is 2. The van der Waals surface area contributed by atoms with E-state index in [4.69, 9.17) is 37.0 Å². The highest BCUT2D eigenvalue weighted by molar-refractivity contribution is 7.47. The van der Waals surface area contributed by atoms with E-state index in [2.05, 4.69) is 48.5 Å². The van der Waals surface area contributed by atoms with Crippen molar-refractivity contribution in [3.63, 3.8) is 0 Å². The van der Waals surface area contributed by atoms with E-state index >= 15 is 0 Å². The molecule has 17 nitrogen and oxygen atoms in total. The highest BCUT2D eigenvalue weighted by Crippen LogP contribution is 2.45. The zero-order valence-corrected chi connectivity index (χ0v) is 69.6. The van der Waals surface area contributed by atoms with Gasteiger partial charge in [-0.2, -0.15) is 0 Å². The molecule has 103 heavy (non-hydrogen) atoms. The van der Waals surface area contributed by atoms with E-state index in [1.165, 1.54) is 250 Å². The number of carbonyl (C=O) groups excluding carboxylic acids is 4. The van der Waals surface area contributed by atoms with Crippen LogP contribution in [0.1, 0.15) is 440 Å². The van der Waals surface area contributed by atoms with Crippen LogP contribution < -0.4 is 0 Å². The zero-order valence-electron chi connectivity index (χ0n) is 67.8. The van der Waals surface area contributed by atoms with Gasteiger partial charge in [0.05, 0.1) is 26.4 Å². The first-order valence-corrected chi connectivity index (χ1v) is 46.3. The van der Waals surface area contributed by atoms with E-state index in [-0.39, 0.29) is 25.7 Å². The summed E-state index contributed by atoms with van der Waals surface area (Å²) in [6.45, 7) is 11.9. The molecule has 0 aliphatic rings. The number of aliphatic hydroxyl groups is 1. The molecule has 0 amide bonds. The second-order valence-corrected chi connectivity index (χ2v) is 34.6. The van der Waals surface area contributed by atoms with Gasteiger partial charge in [0.1, 0.15) is 19.3 Å². The van der Waals surface area contributed by atoms with Crippen molar-refractivity contribution in [1.29, 1.82) is 0 Å². The fraction of sp³-hybridized carbons (Fsp3) is 0.952. The van der Waals surface area contributed by atoms with E-state index in [9.17, 15) is 43.2 Å². The largest absolute Gasteiger partial charge is 0.472 e. The van der Waals surface area contributed by atoms with Crippen LogP contribution in [0.4, 0.5) is 0 Å². The van der Waals surface area contributed by atoms with Crippen molar-refractivity contribution in [2.75, 3.05) is 39.6 Å². The summed E-state index contributed by atoms with van der Waals surface area (Å²) in [5, 5.41) is 10.7. The van der Waals surface area contributed by atoms with Crippen molar-refractivity contribution in [3.8, 4) is 0 Å². The summed E-state index contributed by atoms with van der Waals surface area (Å²) in [5.74, 6) is 0.173. The van der Waals surface area contributed by atoms with Gasteiger partial charge in [-0.3, -0.25) is 37.3 Å². The van der Waals surface area contributed by atoms with Gasteiger partial charge in [-0.25, -0.2) is 9.13 Å². The minimum Gasteiger partial charge on any atom is -0.462 e. The van der Waals surface area contributed by atoms with Crippen LogP contribution in [0.3, 0.4) is 0 Å². The Kier molecular flexibility index (Phi) is 72.8. The molecule has 5 atom stereocenters. The lowest BCUT2D eigenvalue weighted by atomic mass is 10.0. The monoisotopic (exact) mass is 1510 g/mol. The van der Waals surface area contributed by atoms with Gasteiger partial charge >= 0.3 is 39.5 Å². The Labute approximate surface area is 632 Å². The van der Waals surface area contributed by atoms with Crippen molar-refractivity contribution in [1.82, 2.24) is 0 Å². The van der Waals surface area contributed by atoms with E-state index in [1.807, 2.05) is 0 Å². The van der Waals surface area contributed by atoms with Crippen LogP contribution in [-0.2, 0) is 65.4 Å². The molecule has 0 saturated heterocycles. The third-order valence-electron chi connectivity index (χ3n) is 19.6. The van der Waals surface area contributed by atoms with Crippen LogP contribution in [0.5, 0.6) is 0 Å². The van der Waals surface area contributed by atoms with E-state index in [0.717, 1.165) is 108 Å². The third kappa shape index (κ3) is 78.0.